The molecule has 62 valence electrons. The van der Waals surface area contributed by atoms with Crippen molar-refractivity contribution in [1.82, 2.24) is 0 Å². The summed E-state index contributed by atoms with van der Waals surface area (Å²) in [6.45, 7) is 4.39. The Kier molecular flexibility index (Phi) is 2.75. The smallest absolute Gasteiger partial charge is 0.171 e. The number of rotatable bonds is 2. The van der Waals surface area contributed by atoms with Gasteiger partial charge in [0.15, 0.2) is 0 Å². The van der Waals surface area contributed by atoms with E-state index in [2.05, 4.69) is 0 Å². The van der Waals surface area contributed by atoms with Crippen LogP contribution in [0.3, 0.4) is 0 Å². The van der Waals surface area contributed by atoms with Crippen molar-refractivity contribution >= 4 is 0 Å². The zero-order valence-electron chi connectivity index (χ0n) is 6.55. The van der Waals surface area contributed by atoms with Crippen LogP contribution in [0, 0.1) is 5.41 Å². The maximum Gasteiger partial charge on any atom is 0.394 e. The van der Waals surface area contributed by atoms with Crippen LogP contribution in [0.1, 0.15) is 33.6 Å². The zero-order valence-corrected chi connectivity index (χ0v) is 6.55. The molecule has 0 aliphatic heterocycles. The van der Waals surface area contributed by atoms with E-state index in [4.69, 9.17) is 0 Å². The van der Waals surface area contributed by atoms with Gasteiger partial charge in [0.05, 0.1) is 5.41 Å². The Bertz CT molecular complexity index is 99.9. The summed E-state index contributed by atoms with van der Waals surface area (Å²) in [7, 11) is 0. The molecular formula is C7H13F3. The van der Waals surface area contributed by atoms with Gasteiger partial charge in [-0.3, -0.25) is 0 Å². The van der Waals surface area contributed by atoms with Gasteiger partial charge in [0.1, 0.15) is 0 Å². The summed E-state index contributed by atoms with van der Waals surface area (Å²) in [6, 6.07) is 0. The molecule has 0 aromatic carbocycles. The molecule has 0 aliphatic carbocycles. The molecule has 0 aromatic heterocycles. The molecule has 0 heterocycles. The van der Waals surface area contributed by atoms with Gasteiger partial charge in [-0.15, -0.1) is 0 Å². The van der Waals surface area contributed by atoms with Crippen LogP contribution in [-0.4, -0.2) is 6.18 Å². The highest BCUT2D eigenvalue weighted by molar-refractivity contribution is 4.78. The van der Waals surface area contributed by atoms with Crippen molar-refractivity contribution in [2.24, 2.45) is 5.41 Å². The van der Waals surface area contributed by atoms with E-state index in [1.807, 2.05) is 0 Å². The lowest BCUT2D eigenvalue weighted by Crippen LogP contribution is -2.33. The lowest BCUT2D eigenvalue weighted by atomic mass is 9.84. The van der Waals surface area contributed by atoms with Gasteiger partial charge in [0, 0.05) is 0 Å². The Morgan fingerprint density at radius 2 is 1.30 bits per heavy atom. The van der Waals surface area contributed by atoms with E-state index < -0.39 is 11.6 Å². The van der Waals surface area contributed by atoms with Gasteiger partial charge in [0.25, 0.3) is 0 Å². The van der Waals surface area contributed by atoms with Gasteiger partial charge in [-0.2, -0.15) is 13.2 Å². The maximum atomic E-state index is 12.1. The number of hydrogen-bond acceptors (Lipinski definition) is 0. The van der Waals surface area contributed by atoms with Gasteiger partial charge in [-0.25, -0.2) is 0 Å². The number of alkyl halides is 3. The summed E-state index contributed by atoms with van der Waals surface area (Å²) in [6.07, 6.45) is -3.73. The highest BCUT2D eigenvalue weighted by Gasteiger charge is 2.47. The van der Waals surface area contributed by atoms with Crippen molar-refractivity contribution in [3.63, 3.8) is 0 Å². The third kappa shape index (κ3) is 1.64. The van der Waals surface area contributed by atoms with Crippen LogP contribution >= 0.6 is 0 Å². The van der Waals surface area contributed by atoms with Crippen molar-refractivity contribution in [3.05, 3.63) is 0 Å². The second-order valence-electron chi connectivity index (χ2n) is 2.77. The Balaban J connectivity index is 4.33. The fourth-order valence-corrected chi connectivity index (χ4v) is 0.651. The van der Waals surface area contributed by atoms with E-state index in [0.717, 1.165) is 0 Å². The third-order valence-corrected chi connectivity index (χ3v) is 2.25. The Morgan fingerprint density at radius 1 is 1.00 bits per heavy atom. The lowest BCUT2D eigenvalue weighted by molar-refractivity contribution is -0.220. The second-order valence-corrected chi connectivity index (χ2v) is 2.77. The molecule has 0 aliphatic rings. The predicted octanol–water partition coefficient (Wildman–Crippen LogP) is 3.38. The molecule has 0 aromatic rings. The molecule has 0 atom stereocenters. The van der Waals surface area contributed by atoms with Gasteiger partial charge < -0.3 is 0 Å². The minimum Gasteiger partial charge on any atom is -0.171 e. The number of halogens is 3. The van der Waals surface area contributed by atoms with Crippen LogP contribution in [-0.2, 0) is 0 Å². The van der Waals surface area contributed by atoms with Crippen LogP contribution in [0.5, 0.6) is 0 Å². The third-order valence-electron chi connectivity index (χ3n) is 2.25. The second kappa shape index (κ2) is 2.81. The standard InChI is InChI=1S/C7H13F3/c1-4-6(3,5-2)7(8,9)10/h4-5H2,1-3H3. The molecule has 0 saturated heterocycles. The number of hydrogen-bond donors (Lipinski definition) is 0. The largest absolute Gasteiger partial charge is 0.394 e. The van der Waals surface area contributed by atoms with Crippen LogP contribution in [0.25, 0.3) is 0 Å². The van der Waals surface area contributed by atoms with E-state index >= 15 is 0 Å². The predicted molar refractivity (Wildman–Crippen MR) is 34.7 cm³/mol. The lowest BCUT2D eigenvalue weighted by Gasteiger charge is -2.29. The average Bonchev–Trinajstić information content (AvgIpc) is 1.84. The quantitative estimate of drug-likeness (QED) is 0.572. The molecule has 0 spiro atoms. The first-order valence-electron chi connectivity index (χ1n) is 3.44. The van der Waals surface area contributed by atoms with Crippen LogP contribution < -0.4 is 0 Å². The Labute approximate surface area is 59.4 Å². The molecule has 0 rings (SSSR count). The molecule has 0 bridgehead atoms. The van der Waals surface area contributed by atoms with Crippen molar-refractivity contribution < 1.29 is 13.2 Å². The van der Waals surface area contributed by atoms with E-state index in [1.54, 1.807) is 13.8 Å². The van der Waals surface area contributed by atoms with Crippen molar-refractivity contribution in [2.45, 2.75) is 39.8 Å². The summed E-state index contributed by atoms with van der Waals surface area (Å²) >= 11 is 0. The fraction of sp³-hybridized carbons (Fsp3) is 1.00. The highest BCUT2D eigenvalue weighted by atomic mass is 19.4. The van der Waals surface area contributed by atoms with E-state index in [9.17, 15) is 13.2 Å². The van der Waals surface area contributed by atoms with Crippen molar-refractivity contribution in [2.75, 3.05) is 0 Å². The summed E-state index contributed by atoms with van der Waals surface area (Å²) in [5.41, 5.74) is -1.48. The molecule has 0 nitrogen and oxygen atoms in total. The maximum absolute atomic E-state index is 12.1. The molecule has 10 heavy (non-hydrogen) atoms. The first-order chi connectivity index (χ1) is 4.37. The van der Waals surface area contributed by atoms with E-state index in [1.165, 1.54) is 6.92 Å². The monoisotopic (exact) mass is 154 g/mol. The molecule has 0 amide bonds. The van der Waals surface area contributed by atoms with Crippen LogP contribution in [0.4, 0.5) is 13.2 Å². The summed E-state index contributed by atoms with van der Waals surface area (Å²) in [5, 5.41) is 0. The zero-order chi connectivity index (χ0) is 8.41. The van der Waals surface area contributed by atoms with Crippen molar-refractivity contribution in [3.8, 4) is 0 Å². The van der Waals surface area contributed by atoms with Gasteiger partial charge >= 0.3 is 6.18 Å². The first kappa shape index (κ1) is 9.79. The molecule has 0 radical (unpaired) electrons. The normalized spacial score (nSPS) is 13.8. The molecule has 3 heteroatoms. The minimum absolute atomic E-state index is 0.160. The minimum atomic E-state index is -4.05. The average molecular weight is 154 g/mol. The molecule has 0 saturated carbocycles. The molecular weight excluding hydrogens is 141 g/mol. The van der Waals surface area contributed by atoms with E-state index in [0.29, 0.717) is 0 Å². The van der Waals surface area contributed by atoms with Crippen LogP contribution in [0.15, 0.2) is 0 Å². The molecule has 0 fully saturated rings. The summed E-state index contributed by atoms with van der Waals surface area (Å²) in [5.74, 6) is 0. The summed E-state index contributed by atoms with van der Waals surface area (Å²) in [4.78, 5) is 0. The Hall–Kier alpha value is -0.210. The van der Waals surface area contributed by atoms with Crippen molar-refractivity contribution in [1.29, 1.82) is 0 Å². The molecule has 0 unspecified atom stereocenters. The fourth-order valence-electron chi connectivity index (χ4n) is 0.651. The van der Waals surface area contributed by atoms with E-state index in [-0.39, 0.29) is 12.8 Å². The van der Waals surface area contributed by atoms with Gasteiger partial charge in [-0.1, -0.05) is 20.8 Å². The van der Waals surface area contributed by atoms with Crippen LogP contribution in [0.2, 0.25) is 0 Å². The topological polar surface area (TPSA) is 0 Å². The summed E-state index contributed by atoms with van der Waals surface area (Å²) < 4.78 is 36.3. The van der Waals surface area contributed by atoms with Gasteiger partial charge in [0.2, 0.25) is 0 Å². The van der Waals surface area contributed by atoms with Gasteiger partial charge in [-0.05, 0) is 12.8 Å². The Morgan fingerprint density at radius 3 is 1.30 bits per heavy atom. The molecule has 0 N–H and O–H groups in total. The first-order valence-corrected chi connectivity index (χ1v) is 3.44. The SMILES string of the molecule is CCC(C)(CC)C(F)(F)F. The highest BCUT2D eigenvalue weighted by Crippen LogP contribution is 2.42.